The number of nitrogens with one attached hydrogen (secondary N) is 1. The quantitative estimate of drug-likeness (QED) is 0.583. The van der Waals surface area contributed by atoms with E-state index >= 15 is 0 Å². The predicted octanol–water partition coefficient (Wildman–Crippen LogP) is 3.57. The Bertz CT molecular complexity index is 844. The minimum atomic E-state index is -0.112. The number of carbonyl (C=O) groups is 3. The summed E-state index contributed by atoms with van der Waals surface area (Å²) in [6.45, 7) is 0.499. The molecule has 0 aliphatic heterocycles. The first-order valence-corrected chi connectivity index (χ1v) is 8.64. The summed E-state index contributed by atoms with van der Waals surface area (Å²) in [7, 11) is 1.65. The molecule has 26 heavy (non-hydrogen) atoms. The molecule has 1 atom stereocenters. The van der Waals surface area contributed by atoms with Gasteiger partial charge in [-0.3, -0.25) is 9.59 Å². The number of methoxy groups -OCH3 is 1. The van der Waals surface area contributed by atoms with Gasteiger partial charge in [-0.15, -0.1) is 0 Å². The molecule has 0 saturated carbocycles. The summed E-state index contributed by atoms with van der Waals surface area (Å²) in [5.74, 6) is -0.0870. The van der Waals surface area contributed by atoms with Crippen molar-refractivity contribution in [2.75, 3.05) is 19.0 Å². The van der Waals surface area contributed by atoms with E-state index in [0.717, 1.165) is 34.8 Å². The second kappa shape index (κ2) is 8.06. The number of anilines is 1. The van der Waals surface area contributed by atoms with Crippen molar-refractivity contribution in [2.45, 2.75) is 25.2 Å². The molecular formula is C21H21NO4. The van der Waals surface area contributed by atoms with Gasteiger partial charge >= 0.3 is 0 Å². The summed E-state index contributed by atoms with van der Waals surface area (Å²) >= 11 is 0. The molecule has 1 N–H and O–H groups in total. The van der Waals surface area contributed by atoms with Crippen LogP contribution >= 0.6 is 0 Å². The third kappa shape index (κ3) is 3.44. The van der Waals surface area contributed by atoms with Crippen molar-refractivity contribution in [3.05, 3.63) is 53.1 Å². The Morgan fingerprint density at radius 1 is 1.19 bits per heavy atom. The van der Waals surface area contributed by atoms with Crippen molar-refractivity contribution in [3.8, 4) is 11.1 Å². The van der Waals surface area contributed by atoms with E-state index < -0.39 is 0 Å². The number of fused-ring (bicyclic) bond motifs is 3. The first-order chi connectivity index (χ1) is 12.7. The van der Waals surface area contributed by atoms with Gasteiger partial charge in [0.1, 0.15) is 6.29 Å². The number of aldehydes is 2. The molecule has 0 radical (unpaired) electrons. The van der Waals surface area contributed by atoms with E-state index in [1.54, 1.807) is 7.11 Å². The van der Waals surface area contributed by atoms with Crippen molar-refractivity contribution >= 4 is 24.2 Å². The lowest BCUT2D eigenvalue weighted by Crippen LogP contribution is -2.12. The SMILES string of the molecule is COCC1c2cc(NC(=O)CCCC=O)ccc2-c2c(C=O)cccc21. The Balaban J connectivity index is 1.92. The third-order valence-corrected chi connectivity index (χ3v) is 4.67. The van der Waals surface area contributed by atoms with Gasteiger partial charge in [0.2, 0.25) is 5.91 Å². The van der Waals surface area contributed by atoms with Crippen molar-refractivity contribution in [2.24, 2.45) is 0 Å². The van der Waals surface area contributed by atoms with Gasteiger partial charge in [-0.25, -0.2) is 0 Å². The molecule has 2 aromatic rings. The molecule has 5 nitrogen and oxygen atoms in total. The van der Waals surface area contributed by atoms with Crippen LogP contribution in [0.15, 0.2) is 36.4 Å². The molecular weight excluding hydrogens is 330 g/mol. The standard InChI is InChI=1S/C21H21NO4/c1-26-13-19-16-6-4-5-14(12-24)21(16)17-9-8-15(11-18(17)19)22-20(25)7-2-3-10-23/h4-6,8-12,19H,2-3,7,13H2,1H3,(H,22,25). The summed E-state index contributed by atoms with van der Waals surface area (Å²) in [5.41, 5.74) is 5.43. The largest absolute Gasteiger partial charge is 0.384 e. The fourth-order valence-corrected chi connectivity index (χ4v) is 3.53. The molecule has 0 aromatic heterocycles. The smallest absolute Gasteiger partial charge is 0.224 e. The molecule has 0 heterocycles. The van der Waals surface area contributed by atoms with Gasteiger partial charge in [0.05, 0.1) is 6.61 Å². The summed E-state index contributed by atoms with van der Waals surface area (Å²) in [5, 5.41) is 2.88. The van der Waals surface area contributed by atoms with E-state index in [2.05, 4.69) is 5.32 Å². The van der Waals surface area contributed by atoms with E-state index in [1.165, 1.54) is 0 Å². The molecule has 1 aliphatic rings. The first kappa shape index (κ1) is 18.0. The summed E-state index contributed by atoms with van der Waals surface area (Å²) in [4.78, 5) is 33.8. The highest BCUT2D eigenvalue weighted by Crippen LogP contribution is 2.47. The number of benzene rings is 2. The zero-order chi connectivity index (χ0) is 18.5. The van der Waals surface area contributed by atoms with Crippen LogP contribution in [0.1, 0.15) is 46.7 Å². The number of amides is 1. The Kier molecular flexibility index (Phi) is 5.58. The second-order valence-corrected chi connectivity index (χ2v) is 6.35. The van der Waals surface area contributed by atoms with Crippen LogP contribution in [0.25, 0.3) is 11.1 Å². The zero-order valence-electron chi connectivity index (χ0n) is 14.7. The Labute approximate surface area is 152 Å². The minimum Gasteiger partial charge on any atom is -0.384 e. The highest BCUT2D eigenvalue weighted by Gasteiger charge is 2.30. The summed E-state index contributed by atoms with van der Waals surface area (Å²) < 4.78 is 5.39. The Morgan fingerprint density at radius 3 is 2.77 bits per heavy atom. The summed E-state index contributed by atoms with van der Waals surface area (Å²) in [6, 6.07) is 11.4. The molecule has 0 bridgehead atoms. The molecule has 1 aliphatic carbocycles. The van der Waals surface area contributed by atoms with Gasteiger partial charge in [0.25, 0.3) is 0 Å². The number of hydrogen-bond acceptors (Lipinski definition) is 4. The number of carbonyl (C=O) groups excluding carboxylic acids is 3. The van der Waals surface area contributed by atoms with Crippen molar-refractivity contribution < 1.29 is 19.1 Å². The van der Waals surface area contributed by atoms with Crippen molar-refractivity contribution in [3.63, 3.8) is 0 Å². The Morgan fingerprint density at radius 2 is 2.04 bits per heavy atom. The molecule has 0 fully saturated rings. The molecule has 0 spiro atoms. The van der Waals surface area contributed by atoms with Crippen LogP contribution in [-0.2, 0) is 14.3 Å². The van der Waals surface area contributed by atoms with Crippen LogP contribution in [0, 0.1) is 0 Å². The highest BCUT2D eigenvalue weighted by atomic mass is 16.5. The fraction of sp³-hybridized carbons (Fsp3) is 0.286. The van der Waals surface area contributed by atoms with Gasteiger partial charge in [0, 0.05) is 37.1 Å². The number of hydrogen-bond donors (Lipinski definition) is 1. The van der Waals surface area contributed by atoms with Crippen molar-refractivity contribution in [1.82, 2.24) is 0 Å². The molecule has 1 unspecified atom stereocenters. The van der Waals surface area contributed by atoms with Crippen molar-refractivity contribution in [1.29, 1.82) is 0 Å². The van der Waals surface area contributed by atoms with Gasteiger partial charge in [-0.05, 0) is 40.8 Å². The average Bonchev–Trinajstić information content (AvgIpc) is 2.96. The van der Waals surface area contributed by atoms with E-state index in [1.807, 2.05) is 36.4 Å². The maximum absolute atomic E-state index is 12.0. The highest BCUT2D eigenvalue weighted by molar-refractivity contribution is 5.95. The van der Waals surface area contributed by atoms with E-state index in [0.29, 0.717) is 37.1 Å². The predicted molar refractivity (Wildman–Crippen MR) is 99.5 cm³/mol. The van der Waals surface area contributed by atoms with Crippen LogP contribution in [0.5, 0.6) is 0 Å². The van der Waals surface area contributed by atoms with Crippen LogP contribution in [0.2, 0.25) is 0 Å². The van der Waals surface area contributed by atoms with E-state index in [-0.39, 0.29) is 11.8 Å². The zero-order valence-corrected chi connectivity index (χ0v) is 14.7. The van der Waals surface area contributed by atoms with Gasteiger partial charge in [-0.1, -0.05) is 24.3 Å². The third-order valence-electron chi connectivity index (χ3n) is 4.67. The normalized spacial score (nSPS) is 14.4. The van der Waals surface area contributed by atoms with Crippen LogP contribution in [-0.4, -0.2) is 32.2 Å². The lowest BCUT2D eigenvalue weighted by molar-refractivity contribution is -0.116. The number of rotatable bonds is 8. The average molecular weight is 351 g/mol. The topological polar surface area (TPSA) is 72.5 Å². The maximum atomic E-state index is 12.0. The minimum absolute atomic E-state index is 0.0248. The van der Waals surface area contributed by atoms with Gasteiger partial charge in [0.15, 0.2) is 6.29 Å². The van der Waals surface area contributed by atoms with E-state index in [9.17, 15) is 14.4 Å². The first-order valence-electron chi connectivity index (χ1n) is 8.64. The molecule has 2 aromatic carbocycles. The lowest BCUT2D eigenvalue weighted by atomic mass is 9.97. The van der Waals surface area contributed by atoms with Crippen LogP contribution in [0.4, 0.5) is 5.69 Å². The second-order valence-electron chi connectivity index (χ2n) is 6.35. The molecule has 3 rings (SSSR count). The van der Waals surface area contributed by atoms with Gasteiger partial charge in [-0.2, -0.15) is 0 Å². The van der Waals surface area contributed by atoms with Crippen LogP contribution < -0.4 is 5.32 Å². The number of unbranched alkanes of at least 4 members (excludes halogenated alkanes) is 1. The molecule has 0 saturated heterocycles. The Hall–Kier alpha value is -2.79. The van der Waals surface area contributed by atoms with Gasteiger partial charge < -0.3 is 14.8 Å². The lowest BCUT2D eigenvalue weighted by Gasteiger charge is -2.13. The summed E-state index contributed by atoms with van der Waals surface area (Å²) in [6.07, 6.45) is 2.94. The van der Waals surface area contributed by atoms with Crippen LogP contribution in [0.3, 0.4) is 0 Å². The monoisotopic (exact) mass is 351 g/mol. The fourth-order valence-electron chi connectivity index (χ4n) is 3.53. The molecule has 5 heteroatoms. The number of ether oxygens (including phenoxy) is 1. The molecule has 134 valence electrons. The molecule has 1 amide bonds. The maximum Gasteiger partial charge on any atom is 0.224 e. The van der Waals surface area contributed by atoms with E-state index in [4.69, 9.17) is 4.74 Å².